The molecule has 3 aromatic rings. The average Bonchev–Trinajstić information content (AvgIpc) is 3.46. The Balaban J connectivity index is 1.50. The van der Waals surface area contributed by atoms with Gasteiger partial charge in [-0.3, -0.25) is 4.90 Å². The number of benzene rings is 2. The van der Waals surface area contributed by atoms with Crippen molar-refractivity contribution in [1.82, 2.24) is 15.0 Å². The van der Waals surface area contributed by atoms with Crippen LogP contribution < -0.4 is 9.47 Å². The van der Waals surface area contributed by atoms with Gasteiger partial charge in [0.2, 0.25) is 11.7 Å². The fourth-order valence-corrected chi connectivity index (χ4v) is 3.16. The maximum absolute atomic E-state index is 5.52. The Morgan fingerprint density at radius 1 is 1.00 bits per heavy atom. The summed E-state index contributed by atoms with van der Waals surface area (Å²) in [7, 11) is 3.23. The van der Waals surface area contributed by atoms with E-state index in [2.05, 4.69) is 39.3 Å². The number of aromatic nitrogens is 2. The lowest BCUT2D eigenvalue weighted by molar-refractivity contribution is 0.209. The summed E-state index contributed by atoms with van der Waals surface area (Å²) in [5, 5.41) is 4.15. The van der Waals surface area contributed by atoms with E-state index in [4.69, 9.17) is 14.0 Å². The van der Waals surface area contributed by atoms with E-state index >= 15 is 0 Å². The van der Waals surface area contributed by atoms with Gasteiger partial charge in [-0.15, -0.1) is 0 Å². The smallest absolute Gasteiger partial charge is 0.241 e. The molecule has 1 saturated carbocycles. The summed E-state index contributed by atoms with van der Waals surface area (Å²) in [4.78, 5) is 6.99. The predicted molar refractivity (Wildman–Crippen MR) is 102 cm³/mol. The summed E-state index contributed by atoms with van der Waals surface area (Å²) in [5.41, 5.74) is 2.13. The van der Waals surface area contributed by atoms with Crippen molar-refractivity contribution in [3.8, 4) is 22.9 Å². The van der Waals surface area contributed by atoms with Crippen molar-refractivity contribution in [2.24, 2.45) is 0 Å². The van der Waals surface area contributed by atoms with Crippen LogP contribution in [0.3, 0.4) is 0 Å². The van der Waals surface area contributed by atoms with Crippen LogP contribution >= 0.6 is 0 Å². The normalized spacial score (nSPS) is 13.7. The van der Waals surface area contributed by atoms with Crippen molar-refractivity contribution >= 4 is 0 Å². The molecular weight excluding hydrogens is 342 g/mol. The fourth-order valence-electron chi connectivity index (χ4n) is 3.16. The summed E-state index contributed by atoms with van der Waals surface area (Å²) < 4.78 is 16.2. The topological polar surface area (TPSA) is 60.6 Å². The van der Waals surface area contributed by atoms with Crippen LogP contribution in [0.5, 0.6) is 11.5 Å². The van der Waals surface area contributed by atoms with Gasteiger partial charge in [0.05, 0.1) is 20.8 Å². The maximum atomic E-state index is 5.52. The molecule has 0 spiro atoms. The number of methoxy groups -OCH3 is 2. The lowest BCUT2D eigenvalue weighted by Gasteiger charge is -2.19. The third-order valence-electron chi connectivity index (χ3n) is 4.74. The Morgan fingerprint density at radius 3 is 2.48 bits per heavy atom. The van der Waals surface area contributed by atoms with Crippen LogP contribution in [0, 0.1) is 0 Å². The molecule has 0 N–H and O–H groups in total. The van der Waals surface area contributed by atoms with Gasteiger partial charge in [-0.05, 0) is 36.6 Å². The summed E-state index contributed by atoms with van der Waals surface area (Å²) in [6.45, 7) is 1.54. The van der Waals surface area contributed by atoms with Crippen LogP contribution in [0.1, 0.15) is 24.3 Å². The molecule has 2 aromatic carbocycles. The third-order valence-corrected chi connectivity index (χ3v) is 4.74. The van der Waals surface area contributed by atoms with Gasteiger partial charge < -0.3 is 14.0 Å². The van der Waals surface area contributed by atoms with E-state index in [1.807, 2.05) is 24.3 Å². The summed E-state index contributed by atoms with van der Waals surface area (Å²) in [6.07, 6.45) is 2.45. The zero-order valence-electron chi connectivity index (χ0n) is 15.6. The van der Waals surface area contributed by atoms with Crippen LogP contribution in [-0.4, -0.2) is 35.3 Å². The molecule has 140 valence electrons. The zero-order chi connectivity index (χ0) is 18.6. The number of hydrogen-bond donors (Lipinski definition) is 0. The van der Waals surface area contributed by atoms with Crippen molar-refractivity contribution in [3.63, 3.8) is 0 Å². The van der Waals surface area contributed by atoms with Crippen LogP contribution in [0.25, 0.3) is 11.4 Å². The molecule has 0 atom stereocenters. The minimum absolute atomic E-state index is 0.557. The van der Waals surface area contributed by atoms with Gasteiger partial charge in [0.25, 0.3) is 0 Å². The molecule has 0 saturated heterocycles. The monoisotopic (exact) mass is 365 g/mol. The molecule has 1 aliphatic carbocycles. The van der Waals surface area contributed by atoms with Gasteiger partial charge in [-0.1, -0.05) is 35.5 Å². The number of ether oxygens (including phenoxy) is 2. The molecule has 1 fully saturated rings. The number of rotatable bonds is 8. The highest BCUT2D eigenvalue weighted by molar-refractivity contribution is 5.60. The Bertz CT molecular complexity index is 891. The van der Waals surface area contributed by atoms with Crippen LogP contribution in [0.4, 0.5) is 0 Å². The molecule has 4 rings (SSSR count). The van der Waals surface area contributed by atoms with Crippen molar-refractivity contribution in [2.45, 2.75) is 32.0 Å². The molecule has 27 heavy (non-hydrogen) atoms. The fraction of sp³-hybridized carbons (Fsp3) is 0.333. The van der Waals surface area contributed by atoms with E-state index in [9.17, 15) is 0 Å². The Kier molecular flexibility index (Phi) is 5.07. The van der Waals surface area contributed by atoms with Crippen molar-refractivity contribution in [3.05, 3.63) is 60.0 Å². The number of nitrogens with zero attached hydrogens (tertiary/aromatic N) is 3. The first-order valence-electron chi connectivity index (χ1n) is 9.10. The van der Waals surface area contributed by atoms with E-state index < -0.39 is 0 Å². The molecule has 0 bridgehead atoms. The van der Waals surface area contributed by atoms with Crippen molar-refractivity contribution < 1.29 is 14.0 Å². The molecule has 0 unspecified atom stereocenters. The standard InChI is InChI=1S/C21H23N3O3/c1-25-18-11-8-16(12-19(18)26-2)21-22-20(27-23-21)14-24(17-9-10-17)13-15-6-4-3-5-7-15/h3-8,11-12,17H,9-10,13-14H2,1-2H3. The molecule has 0 amide bonds. The molecule has 0 radical (unpaired) electrons. The van der Waals surface area contributed by atoms with Gasteiger partial charge in [0.1, 0.15) is 0 Å². The summed E-state index contributed by atoms with van der Waals surface area (Å²) in [5.74, 6) is 2.50. The lowest BCUT2D eigenvalue weighted by atomic mass is 10.2. The molecule has 6 nitrogen and oxygen atoms in total. The quantitative estimate of drug-likeness (QED) is 0.603. The second-order valence-corrected chi connectivity index (χ2v) is 6.70. The molecule has 6 heteroatoms. The highest BCUT2D eigenvalue weighted by Crippen LogP contribution is 2.32. The van der Waals surface area contributed by atoms with Gasteiger partial charge in [-0.25, -0.2) is 0 Å². The van der Waals surface area contributed by atoms with E-state index in [1.165, 1.54) is 18.4 Å². The second kappa shape index (κ2) is 7.80. The van der Waals surface area contributed by atoms with Crippen LogP contribution in [-0.2, 0) is 13.1 Å². The van der Waals surface area contributed by atoms with Crippen molar-refractivity contribution in [2.75, 3.05) is 14.2 Å². The van der Waals surface area contributed by atoms with E-state index in [-0.39, 0.29) is 0 Å². The largest absolute Gasteiger partial charge is 0.493 e. The van der Waals surface area contributed by atoms with Crippen molar-refractivity contribution in [1.29, 1.82) is 0 Å². The Hall–Kier alpha value is -2.86. The minimum atomic E-state index is 0.557. The molecular formula is C21H23N3O3. The number of hydrogen-bond acceptors (Lipinski definition) is 6. The summed E-state index contributed by atoms with van der Waals surface area (Å²) in [6, 6.07) is 16.7. The first-order valence-corrected chi connectivity index (χ1v) is 9.10. The third kappa shape index (κ3) is 4.11. The lowest BCUT2D eigenvalue weighted by Crippen LogP contribution is -2.25. The molecule has 1 aliphatic rings. The highest BCUT2D eigenvalue weighted by Gasteiger charge is 2.30. The maximum Gasteiger partial charge on any atom is 0.241 e. The SMILES string of the molecule is COc1ccc(-c2noc(CN(Cc3ccccc3)C3CC3)n2)cc1OC. The van der Waals surface area contributed by atoms with E-state index in [1.54, 1.807) is 14.2 Å². The van der Waals surface area contributed by atoms with Gasteiger partial charge >= 0.3 is 0 Å². The van der Waals surface area contributed by atoms with Gasteiger partial charge in [0.15, 0.2) is 11.5 Å². The zero-order valence-corrected chi connectivity index (χ0v) is 15.6. The van der Waals surface area contributed by atoms with Crippen LogP contribution in [0.2, 0.25) is 0 Å². The van der Waals surface area contributed by atoms with E-state index in [0.717, 1.165) is 12.1 Å². The minimum Gasteiger partial charge on any atom is -0.493 e. The highest BCUT2D eigenvalue weighted by atomic mass is 16.5. The van der Waals surface area contributed by atoms with E-state index in [0.29, 0.717) is 35.8 Å². The van der Waals surface area contributed by atoms with Crippen LogP contribution in [0.15, 0.2) is 53.1 Å². The first kappa shape index (κ1) is 17.5. The Labute approximate surface area is 158 Å². The molecule has 0 aliphatic heterocycles. The molecule has 1 aromatic heterocycles. The van der Waals surface area contributed by atoms with Gasteiger partial charge in [0, 0.05) is 18.2 Å². The average molecular weight is 365 g/mol. The summed E-state index contributed by atoms with van der Waals surface area (Å²) >= 11 is 0. The Morgan fingerprint density at radius 2 is 1.78 bits per heavy atom. The predicted octanol–water partition coefficient (Wildman–Crippen LogP) is 3.92. The first-order chi connectivity index (χ1) is 13.3. The second-order valence-electron chi connectivity index (χ2n) is 6.70. The molecule has 1 heterocycles. The van der Waals surface area contributed by atoms with Gasteiger partial charge in [-0.2, -0.15) is 4.98 Å².